The van der Waals surface area contributed by atoms with Crippen LogP contribution in [0.5, 0.6) is 0 Å². The average Bonchev–Trinajstić information content (AvgIpc) is 3.09. The highest BCUT2D eigenvalue weighted by Gasteiger charge is 2.29. The summed E-state index contributed by atoms with van der Waals surface area (Å²) in [7, 11) is 4.08. The second-order valence-electron chi connectivity index (χ2n) is 6.77. The van der Waals surface area contributed by atoms with Crippen LogP contribution in [0.1, 0.15) is 19.3 Å². The summed E-state index contributed by atoms with van der Waals surface area (Å²) >= 11 is 0. The van der Waals surface area contributed by atoms with Crippen LogP contribution < -0.4 is 5.32 Å². The summed E-state index contributed by atoms with van der Waals surface area (Å²) in [5.74, 6) is -0.782. The molecule has 27 heavy (non-hydrogen) atoms. The molecule has 0 aromatic carbocycles. The van der Waals surface area contributed by atoms with Gasteiger partial charge in [0, 0.05) is 19.6 Å². The molecule has 1 amide bonds. The van der Waals surface area contributed by atoms with Crippen LogP contribution in [0.3, 0.4) is 0 Å². The van der Waals surface area contributed by atoms with Crippen LogP contribution in [0.25, 0.3) is 0 Å². The fourth-order valence-electron chi connectivity index (χ4n) is 2.78. The largest absolute Gasteiger partial charge is 0.481 e. The Balaban J connectivity index is 1.94. The SMILES string of the molecule is CN(C)CCN1CCCC1C(=O)NCCOCCOCCOCCC(=O)O. The molecule has 1 rings (SSSR count). The highest BCUT2D eigenvalue weighted by molar-refractivity contribution is 5.82. The summed E-state index contributed by atoms with van der Waals surface area (Å²) in [4.78, 5) is 27.0. The minimum Gasteiger partial charge on any atom is -0.481 e. The third-order valence-electron chi connectivity index (χ3n) is 4.25. The fraction of sp³-hybridized carbons (Fsp3) is 0.889. The molecule has 158 valence electrons. The first-order valence-corrected chi connectivity index (χ1v) is 9.62. The molecule has 1 aliphatic heterocycles. The van der Waals surface area contributed by atoms with Gasteiger partial charge in [0.05, 0.1) is 52.1 Å². The van der Waals surface area contributed by atoms with E-state index in [2.05, 4.69) is 15.1 Å². The third-order valence-corrected chi connectivity index (χ3v) is 4.25. The van der Waals surface area contributed by atoms with Crippen LogP contribution in [-0.2, 0) is 23.8 Å². The number of carboxylic acid groups (broad SMARTS) is 1. The Morgan fingerprint density at radius 1 is 1.07 bits per heavy atom. The van der Waals surface area contributed by atoms with Crippen molar-refractivity contribution in [3.63, 3.8) is 0 Å². The molecule has 2 N–H and O–H groups in total. The summed E-state index contributed by atoms with van der Waals surface area (Å²) in [6.45, 7) is 5.67. The van der Waals surface area contributed by atoms with Gasteiger partial charge in [0.15, 0.2) is 0 Å². The molecule has 0 aromatic rings. The minimum absolute atomic E-state index is 0.00308. The first kappa shape index (κ1) is 23.8. The molecule has 1 aliphatic rings. The second-order valence-corrected chi connectivity index (χ2v) is 6.77. The van der Waals surface area contributed by atoms with E-state index in [9.17, 15) is 9.59 Å². The zero-order chi connectivity index (χ0) is 19.9. The van der Waals surface area contributed by atoms with Crippen LogP contribution in [0, 0.1) is 0 Å². The predicted octanol–water partition coefficient (Wildman–Crippen LogP) is -0.347. The van der Waals surface area contributed by atoms with Crippen molar-refractivity contribution in [3.8, 4) is 0 Å². The molecule has 1 unspecified atom stereocenters. The molecule has 9 nitrogen and oxygen atoms in total. The highest BCUT2D eigenvalue weighted by Crippen LogP contribution is 2.16. The summed E-state index contributed by atoms with van der Waals surface area (Å²) in [5.41, 5.74) is 0. The number of likely N-dealkylation sites (N-methyl/N-ethyl adjacent to an activating group) is 1. The number of carbonyl (C=O) groups is 2. The monoisotopic (exact) mass is 389 g/mol. The van der Waals surface area contributed by atoms with Gasteiger partial charge >= 0.3 is 5.97 Å². The number of likely N-dealkylation sites (tertiary alicyclic amines) is 1. The first-order chi connectivity index (χ1) is 13.0. The maximum atomic E-state index is 12.3. The van der Waals surface area contributed by atoms with E-state index in [-0.39, 0.29) is 25.0 Å². The molecule has 0 bridgehead atoms. The second kappa shape index (κ2) is 14.8. The lowest BCUT2D eigenvalue weighted by Crippen LogP contribution is -2.46. The van der Waals surface area contributed by atoms with Gasteiger partial charge in [0.1, 0.15) is 0 Å². The van der Waals surface area contributed by atoms with E-state index >= 15 is 0 Å². The molecule has 0 spiro atoms. The molecule has 1 heterocycles. The van der Waals surface area contributed by atoms with Gasteiger partial charge in [0.25, 0.3) is 0 Å². The highest BCUT2D eigenvalue weighted by atomic mass is 16.5. The number of nitrogens with one attached hydrogen (secondary N) is 1. The van der Waals surface area contributed by atoms with Gasteiger partial charge in [-0.15, -0.1) is 0 Å². The minimum atomic E-state index is -0.870. The van der Waals surface area contributed by atoms with Crippen LogP contribution >= 0.6 is 0 Å². The lowest BCUT2D eigenvalue weighted by Gasteiger charge is -2.25. The van der Waals surface area contributed by atoms with Crippen molar-refractivity contribution in [2.24, 2.45) is 0 Å². The van der Waals surface area contributed by atoms with Gasteiger partial charge < -0.3 is 29.5 Å². The van der Waals surface area contributed by atoms with E-state index in [0.717, 1.165) is 32.5 Å². The van der Waals surface area contributed by atoms with Gasteiger partial charge in [-0.1, -0.05) is 0 Å². The number of amides is 1. The van der Waals surface area contributed by atoms with Crippen molar-refractivity contribution in [1.29, 1.82) is 0 Å². The zero-order valence-electron chi connectivity index (χ0n) is 16.7. The van der Waals surface area contributed by atoms with E-state index in [1.54, 1.807) is 0 Å². The summed E-state index contributed by atoms with van der Waals surface area (Å²) in [6, 6.07) is -0.0191. The van der Waals surface area contributed by atoms with Crippen molar-refractivity contribution < 1.29 is 28.9 Å². The Morgan fingerprint density at radius 3 is 2.33 bits per heavy atom. The number of rotatable bonds is 16. The lowest BCUT2D eigenvalue weighted by atomic mass is 10.2. The number of nitrogens with zero attached hydrogens (tertiary/aromatic N) is 2. The quantitative estimate of drug-likeness (QED) is 0.346. The molecule has 1 atom stereocenters. The number of carbonyl (C=O) groups excluding carboxylic acids is 1. The van der Waals surface area contributed by atoms with Crippen LogP contribution in [0.15, 0.2) is 0 Å². The Hall–Kier alpha value is -1.26. The van der Waals surface area contributed by atoms with Crippen molar-refractivity contribution in [2.45, 2.75) is 25.3 Å². The van der Waals surface area contributed by atoms with Crippen LogP contribution in [0.2, 0.25) is 0 Å². The van der Waals surface area contributed by atoms with Gasteiger partial charge in [0.2, 0.25) is 5.91 Å². The Kier molecular flexibility index (Phi) is 13.0. The molecule has 0 radical (unpaired) electrons. The molecule has 9 heteroatoms. The lowest BCUT2D eigenvalue weighted by molar-refractivity contribution is -0.138. The Labute approximate surface area is 161 Å². The number of aliphatic carboxylic acids is 1. The van der Waals surface area contributed by atoms with Crippen molar-refractivity contribution in [2.75, 3.05) is 79.9 Å². The molecule has 0 aliphatic carbocycles. The number of hydrogen-bond acceptors (Lipinski definition) is 7. The molecular weight excluding hydrogens is 354 g/mol. The molecule has 0 saturated carbocycles. The first-order valence-electron chi connectivity index (χ1n) is 9.62. The van der Waals surface area contributed by atoms with Gasteiger partial charge in [-0.2, -0.15) is 0 Å². The van der Waals surface area contributed by atoms with E-state index in [0.29, 0.717) is 39.6 Å². The van der Waals surface area contributed by atoms with Crippen molar-refractivity contribution >= 4 is 11.9 Å². The summed E-state index contributed by atoms with van der Waals surface area (Å²) < 4.78 is 15.9. The van der Waals surface area contributed by atoms with E-state index in [1.807, 2.05) is 14.1 Å². The van der Waals surface area contributed by atoms with Gasteiger partial charge in [-0.3, -0.25) is 14.5 Å². The topological polar surface area (TPSA) is 101 Å². The van der Waals surface area contributed by atoms with E-state index in [1.165, 1.54) is 0 Å². The maximum absolute atomic E-state index is 12.3. The van der Waals surface area contributed by atoms with Crippen LogP contribution in [-0.4, -0.2) is 113 Å². The smallest absolute Gasteiger partial charge is 0.305 e. The standard InChI is InChI=1S/C18H35N3O6/c1-20(2)8-9-21-7-3-4-16(21)18(24)19-6-11-26-13-15-27-14-12-25-10-5-17(22)23/h16H,3-15H2,1-2H3,(H,19,24)(H,22,23). The Morgan fingerprint density at radius 2 is 1.70 bits per heavy atom. The zero-order valence-corrected chi connectivity index (χ0v) is 16.7. The van der Waals surface area contributed by atoms with Crippen molar-refractivity contribution in [1.82, 2.24) is 15.1 Å². The van der Waals surface area contributed by atoms with E-state index < -0.39 is 5.97 Å². The number of carboxylic acids is 1. The molecule has 1 fully saturated rings. The van der Waals surface area contributed by atoms with Gasteiger partial charge in [-0.05, 0) is 33.5 Å². The maximum Gasteiger partial charge on any atom is 0.305 e. The van der Waals surface area contributed by atoms with Gasteiger partial charge in [-0.25, -0.2) is 0 Å². The number of hydrogen-bond donors (Lipinski definition) is 2. The normalized spacial score (nSPS) is 17.5. The predicted molar refractivity (Wildman–Crippen MR) is 101 cm³/mol. The fourth-order valence-corrected chi connectivity index (χ4v) is 2.78. The third kappa shape index (κ3) is 11.9. The molecule has 0 aromatic heterocycles. The summed E-state index contributed by atoms with van der Waals surface area (Å²) in [5, 5.41) is 11.4. The van der Waals surface area contributed by atoms with Crippen LogP contribution in [0.4, 0.5) is 0 Å². The Bertz CT molecular complexity index is 422. The summed E-state index contributed by atoms with van der Waals surface area (Å²) in [6.07, 6.45) is 1.99. The molecular formula is C18H35N3O6. The average molecular weight is 389 g/mol. The molecule has 1 saturated heterocycles. The van der Waals surface area contributed by atoms with E-state index in [4.69, 9.17) is 19.3 Å². The van der Waals surface area contributed by atoms with Crippen molar-refractivity contribution in [3.05, 3.63) is 0 Å². The number of ether oxygens (including phenoxy) is 3.